The summed E-state index contributed by atoms with van der Waals surface area (Å²) in [7, 11) is 0. The number of halogens is 2. The molecule has 0 radical (unpaired) electrons. The number of hydrogen-bond acceptors (Lipinski definition) is 6. The predicted octanol–water partition coefficient (Wildman–Crippen LogP) is 3.85. The average molecular weight is 367 g/mol. The number of alkyl halides is 2. The van der Waals surface area contributed by atoms with Crippen molar-refractivity contribution in [1.29, 1.82) is 0 Å². The quantitative estimate of drug-likeness (QED) is 0.567. The molecule has 0 bridgehead atoms. The van der Waals surface area contributed by atoms with Gasteiger partial charge >= 0.3 is 5.69 Å². The molecular weight excluding hydrogens is 352 g/mol. The first-order chi connectivity index (χ1) is 12.3. The van der Waals surface area contributed by atoms with E-state index in [9.17, 15) is 34.1 Å². The maximum Gasteiger partial charge on any atom is 0.302 e. The van der Waals surface area contributed by atoms with Crippen molar-refractivity contribution in [1.82, 2.24) is 0 Å². The summed E-state index contributed by atoms with van der Waals surface area (Å²) in [5, 5.41) is 34.6. The summed E-state index contributed by atoms with van der Waals surface area (Å²) in [5.41, 5.74) is -0.819. The van der Waals surface area contributed by atoms with Gasteiger partial charge in [-0.3, -0.25) is 20.2 Å². The van der Waals surface area contributed by atoms with Crippen LogP contribution in [0.4, 0.5) is 25.8 Å². The average Bonchev–Trinajstić information content (AvgIpc) is 2.59. The maximum atomic E-state index is 12.6. The third-order valence-electron chi connectivity index (χ3n) is 3.89. The lowest BCUT2D eigenvalue weighted by atomic mass is 10.0. The molecule has 0 aliphatic carbocycles. The number of rotatable bonds is 7. The molecule has 0 unspecified atom stereocenters. The third kappa shape index (κ3) is 3.91. The molecule has 0 fully saturated rings. The van der Waals surface area contributed by atoms with E-state index < -0.39 is 34.3 Å². The van der Waals surface area contributed by atoms with Crippen LogP contribution in [0.2, 0.25) is 0 Å². The molecule has 0 saturated heterocycles. The van der Waals surface area contributed by atoms with Gasteiger partial charge in [0.05, 0.1) is 16.5 Å². The highest BCUT2D eigenvalue weighted by Crippen LogP contribution is 2.39. The summed E-state index contributed by atoms with van der Waals surface area (Å²) in [6.45, 7) is 0.766. The fraction of sp³-hybridized carbons (Fsp3) is 0.250. The van der Waals surface area contributed by atoms with Gasteiger partial charge in [0.25, 0.3) is 12.1 Å². The van der Waals surface area contributed by atoms with Crippen LogP contribution in [0.1, 0.15) is 28.7 Å². The molecule has 10 heteroatoms. The normalized spacial score (nSPS) is 10.8. The summed E-state index contributed by atoms with van der Waals surface area (Å²) in [6.07, 6.45) is -2.62. The van der Waals surface area contributed by atoms with E-state index >= 15 is 0 Å². The van der Waals surface area contributed by atoms with Gasteiger partial charge in [0.2, 0.25) is 0 Å². The number of aliphatic hydroxyl groups is 1. The monoisotopic (exact) mass is 367 g/mol. The third-order valence-corrected chi connectivity index (χ3v) is 3.89. The predicted molar refractivity (Wildman–Crippen MR) is 89.1 cm³/mol. The first kappa shape index (κ1) is 19.2. The molecule has 0 amide bonds. The highest BCUT2D eigenvalue weighted by atomic mass is 19.3. The van der Waals surface area contributed by atoms with Gasteiger partial charge in [0.1, 0.15) is 0 Å². The highest BCUT2D eigenvalue weighted by Gasteiger charge is 2.30. The van der Waals surface area contributed by atoms with Crippen LogP contribution in [0.5, 0.6) is 0 Å². The molecule has 138 valence electrons. The molecular formula is C16H15F2N3O5. The molecule has 2 N–H and O–H groups in total. The van der Waals surface area contributed by atoms with Crippen LogP contribution in [0.15, 0.2) is 30.3 Å². The number of nitro groups is 2. The Bertz CT molecular complexity index is 841. The van der Waals surface area contributed by atoms with Crippen molar-refractivity contribution in [3.63, 3.8) is 0 Å². The van der Waals surface area contributed by atoms with Crippen molar-refractivity contribution in [3.8, 4) is 0 Å². The van der Waals surface area contributed by atoms with Gasteiger partial charge in [-0.1, -0.05) is 24.3 Å². The number of nitrogens with one attached hydrogen (secondary N) is 1. The molecule has 0 aliphatic rings. The van der Waals surface area contributed by atoms with Crippen LogP contribution in [-0.4, -0.2) is 15.0 Å². The Hall–Kier alpha value is -3.14. The minimum absolute atomic E-state index is 0.0386. The molecule has 0 atom stereocenters. The van der Waals surface area contributed by atoms with Gasteiger partial charge in [-0.15, -0.1) is 0 Å². The number of hydrogen-bond donors (Lipinski definition) is 2. The fourth-order valence-electron chi connectivity index (χ4n) is 2.49. The lowest BCUT2D eigenvalue weighted by Gasteiger charge is -2.12. The van der Waals surface area contributed by atoms with Crippen molar-refractivity contribution < 1.29 is 23.7 Å². The fourth-order valence-corrected chi connectivity index (χ4v) is 2.49. The smallest absolute Gasteiger partial charge is 0.302 e. The Labute approximate surface area is 146 Å². The van der Waals surface area contributed by atoms with Crippen LogP contribution < -0.4 is 5.32 Å². The molecule has 0 aromatic heterocycles. The second-order valence-corrected chi connectivity index (χ2v) is 5.47. The Kier molecular flexibility index (Phi) is 5.78. The molecule has 26 heavy (non-hydrogen) atoms. The standard InChI is InChI=1S/C16H15F2N3O5/c1-9-12(8-22)6-13(20(23)24)14(15(9)21(25)26)19-7-10-2-4-11(5-3-10)16(17)18/h2-6,16,19,22H,7-8H2,1H3. The number of aliphatic hydroxyl groups excluding tert-OH is 1. The summed E-state index contributed by atoms with van der Waals surface area (Å²) in [6, 6.07) is 6.31. The van der Waals surface area contributed by atoms with E-state index in [-0.39, 0.29) is 28.9 Å². The number of anilines is 1. The van der Waals surface area contributed by atoms with E-state index in [0.29, 0.717) is 5.56 Å². The minimum atomic E-state index is -2.62. The molecule has 0 heterocycles. The summed E-state index contributed by atoms with van der Waals surface area (Å²) < 4.78 is 25.1. The molecule has 2 aromatic carbocycles. The minimum Gasteiger partial charge on any atom is -0.392 e. The highest BCUT2D eigenvalue weighted by molar-refractivity contribution is 5.77. The van der Waals surface area contributed by atoms with Crippen LogP contribution >= 0.6 is 0 Å². The molecule has 8 nitrogen and oxygen atoms in total. The SMILES string of the molecule is Cc1c(CO)cc([N+](=O)[O-])c(NCc2ccc(C(F)F)cc2)c1[N+](=O)[O-]. The van der Waals surface area contributed by atoms with Gasteiger partial charge in [-0.25, -0.2) is 8.78 Å². The van der Waals surface area contributed by atoms with Crippen molar-refractivity contribution in [3.05, 3.63) is 72.8 Å². The van der Waals surface area contributed by atoms with E-state index in [1.165, 1.54) is 31.2 Å². The Morgan fingerprint density at radius 1 is 1.15 bits per heavy atom. The van der Waals surface area contributed by atoms with E-state index in [0.717, 1.165) is 6.07 Å². The van der Waals surface area contributed by atoms with Crippen LogP contribution in [0, 0.1) is 27.2 Å². The topological polar surface area (TPSA) is 119 Å². The molecule has 2 aromatic rings. The molecule has 0 saturated carbocycles. The van der Waals surface area contributed by atoms with Crippen LogP contribution in [0.3, 0.4) is 0 Å². The number of benzene rings is 2. The van der Waals surface area contributed by atoms with E-state index in [2.05, 4.69) is 5.32 Å². The van der Waals surface area contributed by atoms with Crippen LogP contribution in [0.25, 0.3) is 0 Å². The lowest BCUT2D eigenvalue weighted by molar-refractivity contribution is -0.392. The van der Waals surface area contributed by atoms with Gasteiger partial charge < -0.3 is 10.4 Å². The van der Waals surface area contributed by atoms with Gasteiger partial charge in [-0.05, 0) is 18.1 Å². The van der Waals surface area contributed by atoms with E-state index in [1.807, 2.05) is 0 Å². The zero-order valence-corrected chi connectivity index (χ0v) is 13.6. The largest absolute Gasteiger partial charge is 0.392 e. The van der Waals surface area contributed by atoms with Crippen molar-refractivity contribution in [2.75, 3.05) is 5.32 Å². The Morgan fingerprint density at radius 3 is 2.23 bits per heavy atom. The summed E-state index contributed by atoms with van der Waals surface area (Å²) in [4.78, 5) is 21.1. The van der Waals surface area contributed by atoms with E-state index in [4.69, 9.17) is 0 Å². The molecule has 0 aliphatic heterocycles. The van der Waals surface area contributed by atoms with Crippen LogP contribution in [-0.2, 0) is 13.2 Å². The van der Waals surface area contributed by atoms with Gasteiger partial charge in [0.15, 0.2) is 5.69 Å². The van der Waals surface area contributed by atoms with Gasteiger partial charge in [0, 0.05) is 23.7 Å². The number of nitrogens with zero attached hydrogens (tertiary/aromatic N) is 2. The Balaban J connectivity index is 2.42. The first-order valence-electron chi connectivity index (χ1n) is 7.43. The summed E-state index contributed by atoms with van der Waals surface area (Å²) in [5.74, 6) is 0. The van der Waals surface area contributed by atoms with Crippen molar-refractivity contribution in [2.45, 2.75) is 26.5 Å². The molecule has 2 rings (SSSR count). The van der Waals surface area contributed by atoms with Crippen molar-refractivity contribution in [2.24, 2.45) is 0 Å². The Morgan fingerprint density at radius 2 is 1.77 bits per heavy atom. The second kappa shape index (κ2) is 7.83. The zero-order chi connectivity index (χ0) is 19.4. The lowest BCUT2D eigenvalue weighted by Crippen LogP contribution is -2.09. The number of nitro benzene ring substituents is 2. The van der Waals surface area contributed by atoms with Crippen molar-refractivity contribution >= 4 is 17.1 Å². The van der Waals surface area contributed by atoms with E-state index in [1.54, 1.807) is 0 Å². The van der Waals surface area contributed by atoms with Gasteiger partial charge in [-0.2, -0.15) is 0 Å². The summed E-state index contributed by atoms with van der Waals surface area (Å²) >= 11 is 0. The second-order valence-electron chi connectivity index (χ2n) is 5.47. The molecule has 0 spiro atoms. The first-order valence-corrected chi connectivity index (χ1v) is 7.43. The zero-order valence-electron chi connectivity index (χ0n) is 13.6. The maximum absolute atomic E-state index is 12.6.